The molecule has 0 aromatic carbocycles. The van der Waals surface area contributed by atoms with Crippen LogP contribution in [0.5, 0.6) is 0 Å². The van der Waals surface area contributed by atoms with Crippen molar-refractivity contribution in [3.63, 3.8) is 0 Å². The fraction of sp³-hybridized carbons (Fsp3) is 0.455. The van der Waals surface area contributed by atoms with E-state index in [4.69, 9.17) is 5.84 Å². The number of nitrogens with zero attached hydrogens (tertiary/aromatic N) is 2. The Kier molecular flexibility index (Phi) is 3.42. The van der Waals surface area contributed by atoms with Gasteiger partial charge in [-0.15, -0.1) is 0 Å². The van der Waals surface area contributed by atoms with Gasteiger partial charge in [0.2, 0.25) is 0 Å². The van der Waals surface area contributed by atoms with Crippen molar-refractivity contribution >= 4 is 0 Å². The minimum Gasteiger partial charge on any atom is -0.271 e. The Morgan fingerprint density at radius 2 is 2.27 bits per heavy atom. The molecular formula is C11H16N4. The molecule has 1 aliphatic rings. The van der Waals surface area contributed by atoms with Crippen molar-refractivity contribution in [3.8, 4) is 0 Å². The van der Waals surface area contributed by atoms with Gasteiger partial charge in [-0.05, 0) is 37.3 Å². The summed E-state index contributed by atoms with van der Waals surface area (Å²) in [5, 5.41) is 7.64. The Bertz CT molecular complexity index is 334. The van der Waals surface area contributed by atoms with Crippen molar-refractivity contribution in [2.24, 2.45) is 5.84 Å². The molecule has 4 nitrogen and oxygen atoms in total. The summed E-state index contributed by atoms with van der Waals surface area (Å²) in [4.78, 5) is 0. The summed E-state index contributed by atoms with van der Waals surface area (Å²) in [6, 6.07) is 2.05. The molecule has 4 heteroatoms. The van der Waals surface area contributed by atoms with Gasteiger partial charge in [0.25, 0.3) is 0 Å². The number of hydrogen-bond donors (Lipinski definition) is 2. The average Bonchev–Trinajstić information content (AvgIpc) is 2.33. The molecular weight excluding hydrogens is 188 g/mol. The van der Waals surface area contributed by atoms with Crippen LogP contribution in [0.2, 0.25) is 0 Å². The maximum atomic E-state index is 5.60. The van der Waals surface area contributed by atoms with Crippen LogP contribution < -0.4 is 11.3 Å². The molecule has 0 saturated carbocycles. The molecule has 0 amide bonds. The fourth-order valence-electron chi connectivity index (χ4n) is 2.01. The molecule has 80 valence electrons. The normalized spacial score (nSPS) is 18.3. The highest BCUT2D eigenvalue weighted by atomic mass is 15.2. The molecule has 0 bridgehead atoms. The highest BCUT2D eigenvalue weighted by Crippen LogP contribution is 2.28. The van der Waals surface area contributed by atoms with Gasteiger partial charge in [0, 0.05) is 6.20 Å². The van der Waals surface area contributed by atoms with Crippen molar-refractivity contribution in [3.05, 3.63) is 35.7 Å². The second-order valence-corrected chi connectivity index (χ2v) is 3.80. The smallest absolute Gasteiger partial charge is 0.0686 e. The average molecular weight is 204 g/mol. The zero-order valence-electron chi connectivity index (χ0n) is 8.69. The Labute approximate surface area is 89.6 Å². The van der Waals surface area contributed by atoms with Crippen molar-refractivity contribution in [2.45, 2.75) is 31.7 Å². The minimum atomic E-state index is 0.0980. The van der Waals surface area contributed by atoms with Crippen LogP contribution in [-0.4, -0.2) is 10.2 Å². The summed E-state index contributed by atoms with van der Waals surface area (Å²) < 4.78 is 0. The number of aromatic nitrogens is 2. The first-order valence-electron chi connectivity index (χ1n) is 5.33. The van der Waals surface area contributed by atoms with Gasteiger partial charge >= 0.3 is 0 Å². The third kappa shape index (κ3) is 2.40. The van der Waals surface area contributed by atoms with E-state index in [2.05, 4.69) is 21.7 Å². The Balaban J connectivity index is 2.20. The zero-order valence-corrected chi connectivity index (χ0v) is 8.69. The summed E-state index contributed by atoms with van der Waals surface area (Å²) in [5.41, 5.74) is 5.31. The van der Waals surface area contributed by atoms with Crippen LogP contribution in [-0.2, 0) is 0 Å². The third-order valence-corrected chi connectivity index (χ3v) is 2.80. The Morgan fingerprint density at radius 3 is 2.87 bits per heavy atom. The van der Waals surface area contributed by atoms with Crippen LogP contribution in [0.1, 0.15) is 37.3 Å². The molecule has 1 atom stereocenters. The monoisotopic (exact) mass is 204 g/mol. The van der Waals surface area contributed by atoms with E-state index in [1.54, 1.807) is 12.4 Å². The lowest BCUT2D eigenvalue weighted by atomic mass is 9.91. The fourth-order valence-corrected chi connectivity index (χ4v) is 2.01. The van der Waals surface area contributed by atoms with Gasteiger partial charge in [0.15, 0.2) is 0 Å². The lowest BCUT2D eigenvalue weighted by molar-refractivity contribution is 0.563. The molecule has 1 aliphatic carbocycles. The summed E-state index contributed by atoms with van der Waals surface area (Å²) in [7, 11) is 0. The first-order chi connectivity index (χ1) is 7.42. The van der Waals surface area contributed by atoms with Gasteiger partial charge in [-0.3, -0.25) is 5.84 Å². The van der Waals surface area contributed by atoms with Gasteiger partial charge in [-0.2, -0.15) is 10.2 Å². The number of rotatable bonds is 3. The molecule has 0 radical (unpaired) electrons. The lowest BCUT2D eigenvalue weighted by Crippen LogP contribution is -2.30. The van der Waals surface area contributed by atoms with E-state index < -0.39 is 0 Å². The third-order valence-electron chi connectivity index (χ3n) is 2.80. The quantitative estimate of drug-likeness (QED) is 0.445. The molecule has 2 rings (SSSR count). The van der Waals surface area contributed by atoms with E-state index in [0.717, 1.165) is 18.4 Å². The summed E-state index contributed by atoms with van der Waals surface area (Å²) in [5.74, 6) is 5.60. The molecule has 0 aliphatic heterocycles. The molecule has 15 heavy (non-hydrogen) atoms. The molecule has 0 fully saturated rings. The van der Waals surface area contributed by atoms with Crippen LogP contribution >= 0.6 is 0 Å². The van der Waals surface area contributed by atoms with Crippen LogP contribution in [0.25, 0.3) is 0 Å². The topological polar surface area (TPSA) is 63.8 Å². The van der Waals surface area contributed by atoms with Crippen molar-refractivity contribution in [1.29, 1.82) is 0 Å². The van der Waals surface area contributed by atoms with Crippen molar-refractivity contribution in [2.75, 3.05) is 0 Å². The van der Waals surface area contributed by atoms with Crippen LogP contribution in [0.15, 0.2) is 30.1 Å². The summed E-state index contributed by atoms with van der Waals surface area (Å²) >= 11 is 0. The number of hydrazine groups is 1. The van der Waals surface area contributed by atoms with E-state index in [1.807, 2.05) is 6.07 Å². The molecule has 1 aromatic rings. The van der Waals surface area contributed by atoms with Gasteiger partial charge in [0.05, 0.1) is 12.2 Å². The number of allylic oxidation sites excluding steroid dienone is 1. The van der Waals surface area contributed by atoms with Gasteiger partial charge in [-0.25, -0.2) is 5.43 Å². The highest BCUT2D eigenvalue weighted by Gasteiger charge is 2.16. The van der Waals surface area contributed by atoms with Crippen LogP contribution in [0.4, 0.5) is 0 Å². The van der Waals surface area contributed by atoms with E-state index in [1.165, 1.54) is 18.4 Å². The van der Waals surface area contributed by atoms with E-state index >= 15 is 0 Å². The zero-order chi connectivity index (χ0) is 10.5. The number of hydrogen-bond acceptors (Lipinski definition) is 4. The molecule has 1 heterocycles. The Morgan fingerprint density at radius 1 is 1.33 bits per heavy atom. The number of nitrogens with one attached hydrogen (secondary N) is 1. The van der Waals surface area contributed by atoms with Crippen molar-refractivity contribution < 1.29 is 0 Å². The number of nitrogens with two attached hydrogens (primary N) is 1. The molecule has 0 spiro atoms. The Hall–Kier alpha value is -1.26. The highest BCUT2D eigenvalue weighted by molar-refractivity contribution is 5.25. The van der Waals surface area contributed by atoms with E-state index in [0.29, 0.717) is 0 Å². The predicted octanol–water partition coefficient (Wildman–Crippen LogP) is 1.48. The SMILES string of the molecule is NNC(C1=CCCCC1)c1ccnnc1. The minimum absolute atomic E-state index is 0.0980. The van der Waals surface area contributed by atoms with Gasteiger partial charge < -0.3 is 0 Å². The standard InChI is InChI=1S/C11H16N4/c12-15-11(9-4-2-1-3-5-9)10-6-7-13-14-8-10/h4,6-8,11,15H,1-3,5,12H2. The summed E-state index contributed by atoms with van der Waals surface area (Å²) in [6.45, 7) is 0. The van der Waals surface area contributed by atoms with Crippen LogP contribution in [0, 0.1) is 0 Å². The van der Waals surface area contributed by atoms with Crippen molar-refractivity contribution in [1.82, 2.24) is 15.6 Å². The van der Waals surface area contributed by atoms with E-state index in [9.17, 15) is 0 Å². The first kappa shape index (κ1) is 10.3. The second kappa shape index (κ2) is 5.00. The molecule has 1 aromatic heterocycles. The maximum Gasteiger partial charge on any atom is 0.0686 e. The molecule has 1 unspecified atom stereocenters. The first-order valence-corrected chi connectivity index (χ1v) is 5.33. The van der Waals surface area contributed by atoms with Crippen LogP contribution in [0.3, 0.4) is 0 Å². The second-order valence-electron chi connectivity index (χ2n) is 3.80. The van der Waals surface area contributed by atoms with Gasteiger partial charge in [-0.1, -0.05) is 11.6 Å². The largest absolute Gasteiger partial charge is 0.271 e. The molecule has 3 N–H and O–H groups in total. The van der Waals surface area contributed by atoms with Gasteiger partial charge in [0.1, 0.15) is 0 Å². The molecule has 0 saturated heterocycles. The predicted molar refractivity (Wildman–Crippen MR) is 58.6 cm³/mol. The van der Waals surface area contributed by atoms with E-state index in [-0.39, 0.29) is 6.04 Å². The maximum absolute atomic E-state index is 5.60. The lowest BCUT2D eigenvalue weighted by Gasteiger charge is -2.22. The summed E-state index contributed by atoms with van der Waals surface area (Å²) in [6.07, 6.45) is 10.6.